The van der Waals surface area contributed by atoms with Crippen molar-refractivity contribution in [1.82, 2.24) is 0 Å². The van der Waals surface area contributed by atoms with Crippen LogP contribution in [0, 0.1) is 13.8 Å². The molecule has 0 saturated heterocycles. The Bertz CT molecular complexity index is 836. The van der Waals surface area contributed by atoms with Crippen LogP contribution in [0.3, 0.4) is 0 Å². The molecule has 0 aliphatic heterocycles. The molecule has 24 heavy (non-hydrogen) atoms. The van der Waals surface area contributed by atoms with Crippen LogP contribution in [0.4, 0.5) is 5.69 Å². The molecule has 0 N–H and O–H groups in total. The quantitative estimate of drug-likeness (QED) is 0.833. The molecule has 0 unspecified atom stereocenters. The second-order valence-corrected chi connectivity index (χ2v) is 8.31. The van der Waals surface area contributed by atoms with E-state index < -0.39 is 9.84 Å². The predicted molar refractivity (Wildman–Crippen MR) is 98.3 cm³/mol. The molecule has 0 bridgehead atoms. The monoisotopic (exact) mass is 345 g/mol. The van der Waals surface area contributed by atoms with Crippen LogP contribution in [0.25, 0.3) is 0 Å². The van der Waals surface area contributed by atoms with Crippen molar-refractivity contribution in [2.45, 2.75) is 26.5 Å². The number of carbonyl (C=O) groups excluding carboxylic acids is 1. The fourth-order valence-corrected chi connectivity index (χ4v) is 3.59. The molecule has 0 fully saturated rings. The lowest BCUT2D eigenvalue weighted by molar-refractivity contribution is 0.0988. The summed E-state index contributed by atoms with van der Waals surface area (Å²) in [4.78, 5) is 14.6. The Balaban J connectivity index is 2.36. The van der Waals surface area contributed by atoms with E-state index in [0.29, 0.717) is 17.7 Å². The highest BCUT2D eigenvalue weighted by atomic mass is 32.2. The fourth-order valence-electron chi connectivity index (χ4n) is 2.80. The molecule has 5 heteroatoms. The third-order valence-electron chi connectivity index (χ3n) is 3.68. The van der Waals surface area contributed by atoms with E-state index in [4.69, 9.17) is 0 Å². The van der Waals surface area contributed by atoms with E-state index in [1.807, 2.05) is 32.9 Å². The van der Waals surface area contributed by atoms with Crippen LogP contribution in [0.2, 0.25) is 0 Å². The zero-order chi connectivity index (χ0) is 17.9. The second-order valence-electron chi connectivity index (χ2n) is 6.17. The van der Waals surface area contributed by atoms with Crippen LogP contribution < -0.4 is 4.90 Å². The average molecular weight is 345 g/mol. The summed E-state index contributed by atoms with van der Waals surface area (Å²) in [6.45, 7) is 6.47. The van der Waals surface area contributed by atoms with Gasteiger partial charge in [-0.1, -0.05) is 18.2 Å². The van der Waals surface area contributed by atoms with Gasteiger partial charge >= 0.3 is 0 Å². The first-order chi connectivity index (χ1) is 11.2. The molecule has 0 aliphatic carbocycles. The maximum Gasteiger partial charge on any atom is 0.258 e. The zero-order valence-corrected chi connectivity index (χ0v) is 15.4. The molecule has 0 spiro atoms. The second kappa shape index (κ2) is 7.18. The third-order valence-corrected chi connectivity index (χ3v) is 4.54. The Morgan fingerprint density at radius 2 is 1.67 bits per heavy atom. The minimum atomic E-state index is -3.13. The molecule has 128 valence electrons. The number of hydrogen-bond acceptors (Lipinski definition) is 3. The van der Waals surface area contributed by atoms with Gasteiger partial charge in [0.15, 0.2) is 9.84 Å². The summed E-state index contributed by atoms with van der Waals surface area (Å²) in [5, 5.41) is 0. The number of benzene rings is 2. The van der Waals surface area contributed by atoms with Crippen LogP contribution in [-0.4, -0.2) is 27.1 Å². The van der Waals surface area contributed by atoms with Crippen LogP contribution in [0.15, 0.2) is 42.5 Å². The summed E-state index contributed by atoms with van der Waals surface area (Å²) in [6, 6.07) is 12.9. The first-order valence-electron chi connectivity index (χ1n) is 7.86. The van der Waals surface area contributed by atoms with E-state index >= 15 is 0 Å². The molecule has 2 aromatic carbocycles. The molecular formula is C19H23NO3S. The van der Waals surface area contributed by atoms with Gasteiger partial charge in [-0.15, -0.1) is 0 Å². The molecular weight excluding hydrogens is 322 g/mol. The van der Waals surface area contributed by atoms with Gasteiger partial charge in [0.2, 0.25) is 0 Å². The van der Waals surface area contributed by atoms with Gasteiger partial charge in [0.1, 0.15) is 0 Å². The van der Waals surface area contributed by atoms with Gasteiger partial charge < -0.3 is 4.90 Å². The first kappa shape index (κ1) is 18.2. The summed E-state index contributed by atoms with van der Waals surface area (Å²) < 4.78 is 22.9. The van der Waals surface area contributed by atoms with Gasteiger partial charge in [0.25, 0.3) is 5.91 Å². The number of rotatable bonds is 5. The Labute approximate surface area is 144 Å². The summed E-state index contributed by atoms with van der Waals surface area (Å²) in [6.07, 6.45) is 1.19. The molecule has 0 radical (unpaired) electrons. The number of hydrogen-bond donors (Lipinski definition) is 0. The van der Waals surface area contributed by atoms with E-state index in [-0.39, 0.29) is 11.7 Å². The minimum absolute atomic E-state index is 0.0657. The van der Waals surface area contributed by atoms with Gasteiger partial charge in [-0.05, 0) is 61.7 Å². The maximum atomic E-state index is 12.9. The number of amides is 1. The summed E-state index contributed by atoms with van der Waals surface area (Å²) in [5.41, 5.74) is 4.18. The number of nitrogens with zero attached hydrogens (tertiary/aromatic N) is 1. The molecule has 0 saturated carbocycles. The van der Waals surface area contributed by atoms with Gasteiger partial charge in [-0.2, -0.15) is 0 Å². The van der Waals surface area contributed by atoms with Crippen molar-refractivity contribution in [2.24, 2.45) is 0 Å². The number of carbonyl (C=O) groups is 1. The SMILES string of the molecule is CCN(C(=O)c1cccc(CS(C)(=O)=O)c1)c1cc(C)cc(C)c1. The predicted octanol–water partition coefficient (Wildman–Crippen LogP) is 3.51. The van der Waals surface area contributed by atoms with Gasteiger partial charge in [0, 0.05) is 24.1 Å². The Morgan fingerprint density at radius 3 is 2.21 bits per heavy atom. The van der Waals surface area contributed by atoms with Crippen LogP contribution in [-0.2, 0) is 15.6 Å². The van der Waals surface area contributed by atoms with Crippen molar-refractivity contribution in [2.75, 3.05) is 17.7 Å². The first-order valence-corrected chi connectivity index (χ1v) is 9.92. The summed E-state index contributed by atoms with van der Waals surface area (Å²) >= 11 is 0. The fraction of sp³-hybridized carbons (Fsp3) is 0.316. The Hall–Kier alpha value is -2.14. The van der Waals surface area contributed by atoms with E-state index in [1.54, 1.807) is 29.2 Å². The third kappa shape index (κ3) is 4.68. The van der Waals surface area contributed by atoms with Crippen LogP contribution >= 0.6 is 0 Å². The van der Waals surface area contributed by atoms with Crippen LogP contribution in [0.5, 0.6) is 0 Å². The molecule has 2 aromatic rings. The van der Waals surface area contributed by atoms with Crippen molar-refractivity contribution < 1.29 is 13.2 Å². The lowest BCUT2D eigenvalue weighted by atomic mass is 10.1. The van der Waals surface area contributed by atoms with E-state index in [2.05, 4.69) is 6.07 Å². The topological polar surface area (TPSA) is 54.5 Å². The number of anilines is 1. The normalized spacial score (nSPS) is 11.3. The van der Waals surface area contributed by atoms with Gasteiger partial charge in [-0.25, -0.2) is 8.42 Å². The lowest BCUT2D eigenvalue weighted by Crippen LogP contribution is -2.30. The highest BCUT2D eigenvalue weighted by molar-refractivity contribution is 7.89. The summed E-state index contributed by atoms with van der Waals surface area (Å²) in [5.74, 6) is -0.193. The minimum Gasteiger partial charge on any atom is -0.309 e. The van der Waals surface area contributed by atoms with Crippen LogP contribution in [0.1, 0.15) is 34.0 Å². The zero-order valence-electron chi connectivity index (χ0n) is 14.5. The molecule has 1 amide bonds. The molecule has 4 nitrogen and oxygen atoms in total. The largest absolute Gasteiger partial charge is 0.309 e. The van der Waals surface area contributed by atoms with Crippen molar-refractivity contribution in [3.63, 3.8) is 0 Å². The Morgan fingerprint density at radius 1 is 1.04 bits per heavy atom. The standard InChI is InChI=1S/C19H23NO3S/c1-5-20(18-10-14(2)9-15(3)11-18)19(21)17-8-6-7-16(12-17)13-24(4,22)23/h6-12H,5,13H2,1-4H3. The number of aryl methyl sites for hydroxylation is 2. The average Bonchev–Trinajstić information content (AvgIpc) is 2.45. The molecule has 0 heterocycles. The van der Waals surface area contributed by atoms with Crippen molar-refractivity contribution in [3.05, 3.63) is 64.7 Å². The maximum absolute atomic E-state index is 12.9. The molecule has 0 atom stereocenters. The highest BCUT2D eigenvalue weighted by Crippen LogP contribution is 2.21. The smallest absolute Gasteiger partial charge is 0.258 e. The van der Waals surface area contributed by atoms with Gasteiger partial charge in [-0.3, -0.25) is 4.79 Å². The van der Waals surface area contributed by atoms with Crippen molar-refractivity contribution >= 4 is 21.4 Å². The van der Waals surface area contributed by atoms with E-state index in [1.165, 1.54) is 6.26 Å². The molecule has 0 aliphatic rings. The lowest BCUT2D eigenvalue weighted by Gasteiger charge is -2.22. The highest BCUT2D eigenvalue weighted by Gasteiger charge is 2.17. The van der Waals surface area contributed by atoms with E-state index in [0.717, 1.165) is 16.8 Å². The van der Waals surface area contributed by atoms with E-state index in [9.17, 15) is 13.2 Å². The molecule has 0 aromatic heterocycles. The van der Waals surface area contributed by atoms with Crippen molar-refractivity contribution in [1.29, 1.82) is 0 Å². The van der Waals surface area contributed by atoms with Gasteiger partial charge in [0.05, 0.1) is 5.75 Å². The van der Waals surface area contributed by atoms with Crippen molar-refractivity contribution in [3.8, 4) is 0 Å². The molecule has 2 rings (SSSR count). The number of sulfone groups is 1. The Kier molecular flexibility index (Phi) is 5.44. The summed E-state index contributed by atoms with van der Waals surface area (Å²) in [7, 11) is -3.13.